The zero-order chi connectivity index (χ0) is 34.2. The molecule has 0 saturated heterocycles. The molecule has 2 aromatic heterocycles. The SMILES string of the molecule is c1ccc(-c2ccc(-c3c4cccc(-c5ccc6oc7ccccc7c6c5)c4cc4c(-c5ccc6oc7ccccc7c6c5)cccc34)cc2)cc1. The molecule has 2 heteroatoms. The molecule has 0 bridgehead atoms. The Hall–Kier alpha value is -6.90. The van der Waals surface area contributed by atoms with Crippen LogP contribution < -0.4 is 0 Å². The highest BCUT2D eigenvalue weighted by atomic mass is 16.3. The molecule has 0 fully saturated rings. The van der Waals surface area contributed by atoms with E-state index in [-0.39, 0.29) is 0 Å². The number of furan rings is 2. The van der Waals surface area contributed by atoms with Crippen molar-refractivity contribution in [2.24, 2.45) is 0 Å². The Morgan fingerprint density at radius 3 is 1.21 bits per heavy atom. The van der Waals surface area contributed by atoms with Crippen molar-refractivity contribution in [3.63, 3.8) is 0 Å². The van der Waals surface area contributed by atoms with Crippen LogP contribution in [0.1, 0.15) is 0 Å². The monoisotopic (exact) mass is 662 g/mol. The van der Waals surface area contributed by atoms with Crippen molar-refractivity contribution in [2.75, 3.05) is 0 Å². The van der Waals surface area contributed by atoms with Crippen LogP contribution in [0.15, 0.2) is 191 Å². The Labute approximate surface area is 299 Å². The third-order valence-corrected chi connectivity index (χ3v) is 10.7. The van der Waals surface area contributed by atoms with Gasteiger partial charge in [-0.1, -0.05) is 140 Å². The predicted octanol–water partition coefficient (Wildman–Crippen LogP) is 14.5. The second kappa shape index (κ2) is 11.3. The molecule has 2 heterocycles. The van der Waals surface area contributed by atoms with Gasteiger partial charge in [-0.05, 0) is 109 Å². The highest BCUT2D eigenvalue weighted by molar-refractivity contribution is 6.20. The molecule has 2 nitrogen and oxygen atoms in total. The first-order chi connectivity index (χ1) is 25.8. The maximum absolute atomic E-state index is 6.22. The van der Waals surface area contributed by atoms with Crippen LogP contribution >= 0.6 is 0 Å². The number of hydrogen-bond acceptors (Lipinski definition) is 2. The van der Waals surface area contributed by atoms with Crippen LogP contribution in [-0.2, 0) is 0 Å². The van der Waals surface area contributed by atoms with Gasteiger partial charge < -0.3 is 8.83 Å². The number of para-hydroxylation sites is 2. The van der Waals surface area contributed by atoms with Crippen LogP contribution in [0.3, 0.4) is 0 Å². The fourth-order valence-corrected chi connectivity index (χ4v) is 8.23. The van der Waals surface area contributed by atoms with Gasteiger partial charge in [0.1, 0.15) is 22.3 Å². The summed E-state index contributed by atoms with van der Waals surface area (Å²) in [6.45, 7) is 0. The Balaban J connectivity index is 1.19. The molecule has 0 aliphatic heterocycles. The molecule has 0 amide bonds. The summed E-state index contributed by atoms with van der Waals surface area (Å²) in [6.07, 6.45) is 0. The summed E-state index contributed by atoms with van der Waals surface area (Å²) < 4.78 is 12.4. The number of hydrogen-bond donors (Lipinski definition) is 0. The van der Waals surface area contributed by atoms with E-state index in [0.717, 1.165) is 55.0 Å². The van der Waals surface area contributed by atoms with E-state index in [2.05, 4.69) is 158 Å². The van der Waals surface area contributed by atoms with Gasteiger partial charge >= 0.3 is 0 Å². The molecule has 0 unspecified atom stereocenters. The number of rotatable bonds is 4. The average molecular weight is 663 g/mol. The van der Waals surface area contributed by atoms with Crippen molar-refractivity contribution in [3.8, 4) is 44.5 Å². The largest absolute Gasteiger partial charge is 0.456 e. The van der Waals surface area contributed by atoms with E-state index in [0.29, 0.717) is 0 Å². The molecule has 242 valence electrons. The zero-order valence-electron chi connectivity index (χ0n) is 28.1. The number of benzene rings is 9. The molecule has 0 aliphatic rings. The average Bonchev–Trinajstić information content (AvgIpc) is 3.77. The van der Waals surface area contributed by atoms with Gasteiger partial charge in [0.2, 0.25) is 0 Å². The lowest BCUT2D eigenvalue weighted by Gasteiger charge is -2.18. The van der Waals surface area contributed by atoms with Crippen molar-refractivity contribution in [1.82, 2.24) is 0 Å². The minimum absolute atomic E-state index is 0.902. The van der Waals surface area contributed by atoms with E-state index in [4.69, 9.17) is 8.83 Å². The smallest absolute Gasteiger partial charge is 0.135 e. The first-order valence-electron chi connectivity index (χ1n) is 17.7. The minimum Gasteiger partial charge on any atom is -0.456 e. The summed E-state index contributed by atoms with van der Waals surface area (Å²) in [6, 6.07) is 65.3. The summed E-state index contributed by atoms with van der Waals surface area (Å²) in [4.78, 5) is 0. The van der Waals surface area contributed by atoms with E-state index in [9.17, 15) is 0 Å². The number of fused-ring (bicyclic) bond motifs is 8. The van der Waals surface area contributed by atoms with Crippen molar-refractivity contribution >= 4 is 65.4 Å². The fraction of sp³-hybridized carbons (Fsp3) is 0. The first kappa shape index (κ1) is 28.9. The van der Waals surface area contributed by atoms with Crippen LogP contribution in [0.4, 0.5) is 0 Å². The van der Waals surface area contributed by atoms with E-state index in [1.807, 2.05) is 24.3 Å². The summed E-state index contributed by atoms with van der Waals surface area (Å²) in [5.41, 5.74) is 13.2. The Kier molecular flexibility index (Phi) is 6.28. The van der Waals surface area contributed by atoms with Crippen LogP contribution in [0.25, 0.3) is 110 Å². The van der Waals surface area contributed by atoms with Gasteiger partial charge in [-0.2, -0.15) is 0 Å². The fourth-order valence-electron chi connectivity index (χ4n) is 8.23. The van der Waals surface area contributed by atoms with Crippen molar-refractivity contribution < 1.29 is 8.83 Å². The van der Waals surface area contributed by atoms with Gasteiger partial charge in [-0.3, -0.25) is 0 Å². The standard InChI is InChI=1S/C50H30O2/c1-2-10-31(11-3-1)32-20-22-33(23-21-32)50-40-16-8-14-36(34-24-26-48-44(28-34)38-12-4-6-18-46(38)51-48)42(40)30-43-37(15-9-17-41(43)50)35-25-27-49-45(29-35)39-13-5-7-19-47(39)52-49/h1-30H. The summed E-state index contributed by atoms with van der Waals surface area (Å²) in [5.74, 6) is 0. The molecular formula is C50H30O2. The van der Waals surface area contributed by atoms with E-state index in [1.165, 1.54) is 54.9 Å². The maximum atomic E-state index is 6.22. The van der Waals surface area contributed by atoms with Crippen LogP contribution in [0, 0.1) is 0 Å². The molecule has 0 atom stereocenters. The molecule has 0 spiro atoms. The third kappa shape index (κ3) is 4.44. The lowest BCUT2D eigenvalue weighted by molar-refractivity contribution is 0.668. The quantitative estimate of drug-likeness (QED) is 0.175. The zero-order valence-corrected chi connectivity index (χ0v) is 28.1. The van der Waals surface area contributed by atoms with E-state index in [1.54, 1.807) is 0 Å². The van der Waals surface area contributed by atoms with Crippen LogP contribution in [-0.4, -0.2) is 0 Å². The lowest BCUT2D eigenvalue weighted by Crippen LogP contribution is -1.91. The molecule has 0 saturated carbocycles. The first-order valence-corrected chi connectivity index (χ1v) is 17.7. The van der Waals surface area contributed by atoms with Crippen LogP contribution in [0.2, 0.25) is 0 Å². The molecule has 0 aliphatic carbocycles. The highest BCUT2D eigenvalue weighted by Crippen LogP contribution is 2.45. The summed E-state index contributed by atoms with van der Waals surface area (Å²) in [5, 5.41) is 9.40. The van der Waals surface area contributed by atoms with Crippen LogP contribution in [0.5, 0.6) is 0 Å². The second-order valence-electron chi connectivity index (χ2n) is 13.6. The molecule has 52 heavy (non-hydrogen) atoms. The Morgan fingerprint density at radius 1 is 0.231 bits per heavy atom. The Bertz CT molecular complexity index is 2990. The second-order valence-corrected chi connectivity index (χ2v) is 13.6. The third-order valence-electron chi connectivity index (χ3n) is 10.7. The molecule has 0 radical (unpaired) electrons. The predicted molar refractivity (Wildman–Crippen MR) is 218 cm³/mol. The maximum Gasteiger partial charge on any atom is 0.135 e. The van der Waals surface area contributed by atoms with Gasteiger partial charge in [0.15, 0.2) is 0 Å². The molecule has 0 N–H and O–H groups in total. The topological polar surface area (TPSA) is 26.3 Å². The molecule has 11 rings (SSSR count). The van der Waals surface area contributed by atoms with Crippen molar-refractivity contribution in [1.29, 1.82) is 0 Å². The van der Waals surface area contributed by atoms with E-state index >= 15 is 0 Å². The van der Waals surface area contributed by atoms with E-state index < -0.39 is 0 Å². The van der Waals surface area contributed by atoms with Gasteiger partial charge in [0, 0.05) is 21.5 Å². The van der Waals surface area contributed by atoms with Gasteiger partial charge in [0.25, 0.3) is 0 Å². The summed E-state index contributed by atoms with van der Waals surface area (Å²) >= 11 is 0. The van der Waals surface area contributed by atoms with Crippen molar-refractivity contribution in [2.45, 2.75) is 0 Å². The summed E-state index contributed by atoms with van der Waals surface area (Å²) in [7, 11) is 0. The highest BCUT2D eigenvalue weighted by Gasteiger charge is 2.18. The van der Waals surface area contributed by atoms with Gasteiger partial charge in [0.05, 0.1) is 0 Å². The Morgan fingerprint density at radius 2 is 0.654 bits per heavy atom. The molecule has 11 aromatic rings. The normalized spacial score (nSPS) is 11.8. The molecular weight excluding hydrogens is 633 g/mol. The van der Waals surface area contributed by atoms with Crippen molar-refractivity contribution in [3.05, 3.63) is 182 Å². The van der Waals surface area contributed by atoms with Gasteiger partial charge in [-0.25, -0.2) is 0 Å². The van der Waals surface area contributed by atoms with Gasteiger partial charge in [-0.15, -0.1) is 0 Å². The minimum atomic E-state index is 0.902. The lowest BCUT2D eigenvalue weighted by atomic mass is 9.86. The molecule has 9 aromatic carbocycles.